The van der Waals surface area contributed by atoms with E-state index in [1.54, 1.807) is 0 Å². The van der Waals surface area contributed by atoms with Crippen LogP contribution in [0.5, 0.6) is 0 Å². The number of aromatic nitrogens is 4. The summed E-state index contributed by atoms with van der Waals surface area (Å²) in [6.45, 7) is 10.3. The van der Waals surface area contributed by atoms with E-state index in [-0.39, 0.29) is 0 Å². The average molecular weight is 230 g/mol. The van der Waals surface area contributed by atoms with Crippen LogP contribution in [0.25, 0.3) is 11.6 Å². The summed E-state index contributed by atoms with van der Waals surface area (Å²) in [5, 5.41) is 0. The van der Waals surface area contributed by atoms with Gasteiger partial charge in [0.1, 0.15) is 0 Å². The van der Waals surface area contributed by atoms with Crippen LogP contribution < -0.4 is 0 Å². The van der Waals surface area contributed by atoms with E-state index in [1.807, 2.05) is 27.0 Å². The van der Waals surface area contributed by atoms with Crippen molar-refractivity contribution >= 4 is 0 Å². The van der Waals surface area contributed by atoms with Gasteiger partial charge in [-0.25, -0.2) is 15.0 Å². The van der Waals surface area contributed by atoms with Crippen molar-refractivity contribution in [2.24, 2.45) is 0 Å². The van der Waals surface area contributed by atoms with E-state index in [4.69, 9.17) is 0 Å². The van der Waals surface area contributed by atoms with Gasteiger partial charge in [-0.05, 0) is 32.3 Å². The Hall–Kier alpha value is -1.71. The Bertz CT molecular complexity index is 540. The molecule has 0 aliphatic heterocycles. The first-order valence-corrected chi connectivity index (χ1v) is 5.86. The molecule has 0 saturated carbocycles. The molecule has 0 spiro atoms. The van der Waals surface area contributed by atoms with Crippen molar-refractivity contribution in [2.45, 2.75) is 40.5 Å². The molecule has 0 aliphatic rings. The lowest BCUT2D eigenvalue weighted by Gasteiger charge is -2.00. The number of nitrogens with one attached hydrogen (secondary N) is 1. The van der Waals surface area contributed by atoms with Gasteiger partial charge in [-0.1, -0.05) is 13.8 Å². The number of hydrogen-bond donors (Lipinski definition) is 1. The van der Waals surface area contributed by atoms with Crippen molar-refractivity contribution in [2.75, 3.05) is 0 Å². The van der Waals surface area contributed by atoms with Crippen LogP contribution in [0.4, 0.5) is 0 Å². The second-order valence-corrected chi connectivity index (χ2v) is 4.71. The lowest BCUT2D eigenvalue weighted by molar-refractivity contribution is 0.822. The summed E-state index contributed by atoms with van der Waals surface area (Å²) in [7, 11) is 0. The third-order valence-electron chi connectivity index (χ3n) is 2.91. The highest BCUT2D eigenvalue weighted by Gasteiger charge is 2.13. The van der Waals surface area contributed by atoms with Gasteiger partial charge in [-0.3, -0.25) is 0 Å². The standard InChI is InChI=1S/C13H18N4/c1-7(2)11-10(5)16-13(17-11)12-14-6-8(3)9(4)15-12/h6-7H,1-5H3,(H,16,17). The third kappa shape index (κ3) is 2.20. The second kappa shape index (κ2) is 4.28. The second-order valence-electron chi connectivity index (χ2n) is 4.71. The van der Waals surface area contributed by atoms with Crippen LogP contribution >= 0.6 is 0 Å². The molecular weight excluding hydrogens is 212 g/mol. The van der Waals surface area contributed by atoms with Crippen LogP contribution in [-0.4, -0.2) is 19.9 Å². The average Bonchev–Trinajstić information content (AvgIpc) is 2.64. The summed E-state index contributed by atoms with van der Waals surface area (Å²) < 4.78 is 0. The Morgan fingerprint density at radius 1 is 1.12 bits per heavy atom. The Balaban J connectivity index is 2.46. The monoisotopic (exact) mass is 230 g/mol. The Morgan fingerprint density at radius 3 is 2.35 bits per heavy atom. The predicted molar refractivity (Wildman–Crippen MR) is 67.9 cm³/mol. The number of imidazole rings is 1. The highest BCUT2D eigenvalue weighted by Crippen LogP contribution is 2.20. The van der Waals surface area contributed by atoms with Gasteiger partial charge in [0.2, 0.25) is 0 Å². The van der Waals surface area contributed by atoms with E-state index in [9.17, 15) is 0 Å². The molecule has 0 saturated heterocycles. The van der Waals surface area contributed by atoms with E-state index in [0.717, 1.165) is 28.5 Å². The first kappa shape index (κ1) is 11.8. The number of H-pyrrole nitrogens is 1. The van der Waals surface area contributed by atoms with Crippen LogP contribution in [-0.2, 0) is 0 Å². The van der Waals surface area contributed by atoms with Gasteiger partial charge in [0.15, 0.2) is 11.6 Å². The zero-order chi connectivity index (χ0) is 12.6. The van der Waals surface area contributed by atoms with E-state index in [2.05, 4.69) is 33.8 Å². The quantitative estimate of drug-likeness (QED) is 0.863. The lowest BCUT2D eigenvalue weighted by Crippen LogP contribution is -1.96. The van der Waals surface area contributed by atoms with Crippen LogP contribution in [0.2, 0.25) is 0 Å². The fourth-order valence-electron chi connectivity index (χ4n) is 1.78. The highest BCUT2D eigenvalue weighted by atomic mass is 15.0. The zero-order valence-corrected chi connectivity index (χ0v) is 11.0. The first-order chi connectivity index (χ1) is 7.99. The lowest BCUT2D eigenvalue weighted by atomic mass is 10.1. The molecule has 0 atom stereocenters. The van der Waals surface area contributed by atoms with Gasteiger partial charge in [-0.15, -0.1) is 0 Å². The molecule has 0 bridgehead atoms. The maximum Gasteiger partial charge on any atom is 0.195 e. The molecular formula is C13H18N4. The van der Waals surface area contributed by atoms with Crippen LogP contribution in [0.15, 0.2) is 6.20 Å². The molecule has 0 amide bonds. The molecule has 0 unspecified atom stereocenters. The molecule has 0 aromatic carbocycles. The van der Waals surface area contributed by atoms with Crippen LogP contribution in [0.1, 0.15) is 42.4 Å². The minimum atomic E-state index is 0.409. The Morgan fingerprint density at radius 2 is 1.82 bits per heavy atom. The Kier molecular flexibility index (Phi) is 2.96. The molecule has 90 valence electrons. The molecule has 1 N–H and O–H groups in total. The van der Waals surface area contributed by atoms with E-state index >= 15 is 0 Å². The molecule has 17 heavy (non-hydrogen) atoms. The van der Waals surface area contributed by atoms with E-state index in [1.165, 1.54) is 0 Å². The molecule has 2 aromatic rings. The minimum Gasteiger partial charge on any atom is -0.339 e. The van der Waals surface area contributed by atoms with Gasteiger partial charge >= 0.3 is 0 Å². The largest absolute Gasteiger partial charge is 0.339 e. The maximum atomic E-state index is 4.57. The van der Waals surface area contributed by atoms with Crippen molar-refractivity contribution in [1.82, 2.24) is 19.9 Å². The van der Waals surface area contributed by atoms with Crippen molar-refractivity contribution in [3.8, 4) is 11.6 Å². The molecule has 2 aromatic heterocycles. The van der Waals surface area contributed by atoms with Crippen molar-refractivity contribution in [3.05, 3.63) is 28.8 Å². The Labute approximate surface area is 102 Å². The topological polar surface area (TPSA) is 54.5 Å². The number of nitrogens with zero attached hydrogens (tertiary/aromatic N) is 3. The van der Waals surface area contributed by atoms with Crippen LogP contribution in [0, 0.1) is 20.8 Å². The number of aromatic amines is 1. The molecule has 4 heteroatoms. The molecule has 0 fully saturated rings. The van der Waals surface area contributed by atoms with Crippen LogP contribution in [0.3, 0.4) is 0 Å². The zero-order valence-electron chi connectivity index (χ0n) is 11.0. The molecule has 2 rings (SSSR count). The van der Waals surface area contributed by atoms with E-state index < -0.39 is 0 Å². The van der Waals surface area contributed by atoms with Gasteiger partial charge < -0.3 is 4.98 Å². The van der Waals surface area contributed by atoms with E-state index in [0.29, 0.717) is 11.7 Å². The molecule has 0 aliphatic carbocycles. The van der Waals surface area contributed by atoms with Crippen molar-refractivity contribution in [3.63, 3.8) is 0 Å². The van der Waals surface area contributed by atoms with Gasteiger partial charge in [-0.2, -0.15) is 0 Å². The van der Waals surface area contributed by atoms with Crippen molar-refractivity contribution in [1.29, 1.82) is 0 Å². The first-order valence-electron chi connectivity index (χ1n) is 5.86. The summed E-state index contributed by atoms with van der Waals surface area (Å²) in [6.07, 6.45) is 1.84. The third-order valence-corrected chi connectivity index (χ3v) is 2.91. The summed E-state index contributed by atoms with van der Waals surface area (Å²) in [6, 6.07) is 0. The predicted octanol–water partition coefficient (Wildman–Crippen LogP) is 2.92. The van der Waals surface area contributed by atoms with Gasteiger partial charge in [0.25, 0.3) is 0 Å². The summed E-state index contributed by atoms with van der Waals surface area (Å²) >= 11 is 0. The molecule has 4 nitrogen and oxygen atoms in total. The fraction of sp³-hybridized carbons (Fsp3) is 0.462. The van der Waals surface area contributed by atoms with Crippen molar-refractivity contribution < 1.29 is 0 Å². The SMILES string of the molecule is Cc1cnc(-c2nc(C(C)C)c(C)[nH]2)nc1C. The maximum absolute atomic E-state index is 4.57. The normalized spacial score (nSPS) is 11.2. The van der Waals surface area contributed by atoms with Gasteiger partial charge in [0, 0.05) is 17.6 Å². The minimum absolute atomic E-state index is 0.409. The summed E-state index contributed by atoms with van der Waals surface area (Å²) in [5.74, 6) is 1.84. The number of rotatable bonds is 2. The smallest absolute Gasteiger partial charge is 0.195 e. The summed E-state index contributed by atoms with van der Waals surface area (Å²) in [4.78, 5) is 16.6. The number of hydrogen-bond acceptors (Lipinski definition) is 3. The summed E-state index contributed by atoms with van der Waals surface area (Å²) in [5.41, 5.74) is 4.27. The number of aryl methyl sites for hydroxylation is 3. The van der Waals surface area contributed by atoms with Gasteiger partial charge in [0.05, 0.1) is 5.69 Å². The molecule has 0 radical (unpaired) electrons. The highest BCUT2D eigenvalue weighted by molar-refractivity contribution is 5.46. The fourth-order valence-corrected chi connectivity index (χ4v) is 1.78. The molecule has 2 heterocycles.